The molecule has 0 aliphatic carbocycles. The minimum atomic E-state index is -0.572. The lowest BCUT2D eigenvalue weighted by Crippen LogP contribution is -1.81. The third-order valence-electron chi connectivity index (χ3n) is 1.79. The maximum atomic E-state index is 10.5. The van der Waals surface area contributed by atoms with Gasteiger partial charge in [-0.15, -0.1) is 0 Å². The van der Waals surface area contributed by atoms with Gasteiger partial charge in [-0.2, -0.15) is 0 Å². The Morgan fingerprint density at radius 1 is 1.54 bits per heavy atom. The molecule has 0 fully saturated rings. The van der Waals surface area contributed by atoms with Crippen LogP contribution in [-0.4, -0.2) is 17.9 Å². The van der Waals surface area contributed by atoms with Gasteiger partial charge in [-0.3, -0.25) is 0 Å². The van der Waals surface area contributed by atoms with Crippen molar-refractivity contribution >= 4 is 27.0 Å². The molecule has 1 aliphatic heterocycles. The standard InChI is InChI=1S/C9H7NO2S/c1-12-7-2-3-9-8(4-7)10-5-13(9)6-11/h2-5H,1H3. The molecule has 1 heterocycles. The number of methoxy groups -OCH3 is 1. The van der Waals surface area contributed by atoms with E-state index in [1.165, 1.54) is 0 Å². The molecule has 0 N–H and O–H groups in total. The van der Waals surface area contributed by atoms with Gasteiger partial charge in [0.1, 0.15) is 5.75 Å². The zero-order valence-electron chi connectivity index (χ0n) is 6.98. The van der Waals surface area contributed by atoms with Gasteiger partial charge in [-0.1, -0.05) is 0 Å². The van der Waals surface area contributed by atoms with Crippen LogP contribution in [-0.2, 0) is 4.79 Å². The van der Waals surface area contributed by atoms with Crippen LogP contribution in [0.25, 0.3) is 0 Å². The topological polar surface area (TPSA) is 38.7 Å². The highest BCUT2D eigenvalue weighted by Crippen LogP contribution is 2.40. The van der Waals surface area contributed by atoms with Crippen molar-refractivity contribution in [2.45, 2.75) is 4.90 Å². The summed E-state index contributed by atoms with van der Waals surface area (Å²) in [5, 5.41) is 1.95. The Hall–Kier alpha value is -1.38. The molecule has 0 spiro atoms. The molecule has 1 atom stereocenters. The Labute approximate surface area is 78.0 Å². The average Bonchev–Trinajstić information content (AvgIpc) is 2.59. The maximum Gasteiger partial charge on any atom is 0.166 e. The molecule has 0 amide bonds. The van der Waals surface area contributed by atoms with Crippen molar-refractivity contribution < 1.29 is 9.53 Å². The Morgan fingerprint density at radius 2 is 2.38 bits per heavy atom. The van der Waals surface area contributed by atoms with Gasteiger partial charge in [-0.25, -0.2) is 9.79 Å². The number of hydrogen-bond acceptors (Lipinski definition) is 3. The Bertz CT molecular complexity index is 433. The summed E-state index contributed by atoms with van der Waals surface area (Å²) in [4.78, 5) is 15.5. The number of carbonyl (C=O) groups excluding carboxylic acids is 1. The molecule has 13 heavy (non-hydrogen) atoms. The first kappa shape index (κ1) is 8.23. The average molecular weight is 193 g/mol. The molecule has 1 aliphatic rings. The largest absolute Gasteiger partial charge is 0.497 e. The van der Waals surface area contributed by atoms with Crippen molar-refractivity contribution in [2.24, 2.45) is 4.99 Å². The van der Waals surface area contributed by atoms with Gasteiger partial charge in [0, 0.05) is 11.0 Å². The molecule has 1 aromatic carbocycles. The van der Waals surface area contributed by atoms with E-state index in [9.17, 15) is 4.79 Å². The lowest BCUT2D eigenvalue weighted by atomic mass is 10.3. The van der Waals surface area contributed by atoms with Crippen LogP contribution in [0.15, 0.2) is 28.1 Å². The second-order valence-electron chi connectivity index (χ2n) is 2.49. The number of benzene rings is 1. The normalized spacial score (nSPS) is 18.1. The second-order valence-corrected chi connectivity index (χ2v) is 3.98. The Morgan fingerprint density at radius 3 is 3.08 bits per heavy atom. The van der Waals surface area contributed by atoms with E-state index in [1.807, 2.05) is 23.4 Å². The van der Waals surface area contributed by atoms with Gasteiger partial charge in [0.05, 0.1) is 18.3 Å². The summed E-state index contributed by atoms with van der Waals surface area (Å²) in [5.74, 6) is 0.757. The second kappa shape index (κ2) is 3.17. The zero-order chi connectivity index (χ0) is 9.26. The van der Waals surface area contributed by atoms with Gasteiger partial charge in [0.15, 0.2) is 5.23 Å². The molecule has 0 saturated heterocycles. The minimum absolute atomic E-state index is 0.572. The minimum Gasteiger partial charge on any atom is -0.497 e. The molecular weight excluding hydrogens is 186 g/mol. The number of aliphatic imine (C=N–C) groups is 1. The molecular formula is C9H7NO2S. The van der Waals surface area contributed by atoms with Crippen molar-refractivity contribution in [1.82, 2.24) is 0 Å². The Balaban J connectivity index is 2.58. The summed E-state index contributed by atoms with van der Waals surface area (Å²) in [6.07, 6.45) is 0. The van der Waals surface area contributed by atoms with Crippen LogP contribution in [0.1, 0.15) is 0 Å². The van der Waals surface area contributed by atoms with E-state index in [2.05, 4.69) is 4.99 Å². The van der Waals surface area contributed by atoms with E-state index < -0.39 is 10.5 Å². The Kier molecular flexibility index (Phi) is 2.00. The monoisotopic (exact) mass is 193 g/mol. The summed E-state index contributed by atoms with van der Waals surface area (Å²) in [7, 11) is 1.03. The molecule has 1 aromatic rings. The van der Waals surface area contributed by atoms with Gasteiger partial charge in [0.2, 0.25) is 0 Å². The molecule has 1 unspecified atom stereocenters. The fourth-order valence-corrected chi connectivity index (χ4v) is 2.16. The highest BCUT2D eigenvalue weighted by Gasteiger charge is 2.12. The van der Waals surface area contributed by atoms with E-state index in [-0.39, 0.29) is 0 Å². The number of hydrogen-bond donors (Lipinski definition) is 0. The summed E-state index contributed by atoms with van der Waals surface area (Å²) in [6.45, 7) is 0. The van der Waals surface area contributed by atoms with Crippen molar-refractivity contribution in [3.8, 4) is 5.75 Å². The van der Waals surface area contributed by atoms with E-state index in [0.29, 0.717) is 0 Å². The van der Waals surface area contributed by atoms with E-state index in [4.69, 9.17) is 4.74 Å². The predicted octanol–water partition coefficient (Wildman–Crippen LogP) is 2.06. The quantitative estimate of drug-likeness (QED) is 0.640. The number of ether oxygens (including phenoxy) is 1. The number of rotatable bonds is 1. The van der Waals surface area contributed by atoms with E-state index in [1.54, 1.807) is 12.7 Å². The van der Waals surface area contributed by atoms with Crippen molar-refractivity contribution in [1.29, 1.82) is 0 Å². The first-order chi connectivity index (χ1) is 6.35. The van der Waals surface area contributed by atoms with Crippen LogP contribution in [0.3, 0.4) is 0 Å². The fraction of sp³-hybridized carbons (Fsp3) is 0.111. The summed E-state index contributed by atoms with van der Waals surface area (Å²) >= 11 is 0. The molecule has 0 bridgehead atoms. The number of nitrogens with zero attached hydrogens (tertiary/aromatic N) is 1. The van der Waals surface area contributed by atoms with Gasteiger partial charge >= 0.3 is 0 Å². The summed E-state index contributed by atoms with van der Waals surface area (Å²) in [6, 6.07) is 5.50. The van der Waals surface area contributed by atoms with Crippen LogP contribution in [0.4, 0.5) is 5.69 Å². The number of fused-ring (bicyclic) bond motifs is 1. The van der Waals surface area contributed by atoms with Crippen LogP contribution < -0.4 is 4.74 Å². The first-order valence-corrected chi connectivity index (χ1v) is 4.97. The van der Waals surface area contributed by atoms with Crippen molar-refractivity contribution in [3.63, 3.8) is 0 Å². The van der Waals surface area contributed by atoms with E-state index >= 15 is 0 Å². The third kappa shape index (κ3) is 1.30. The molecule has 66 valence electrons. The maximum absolute atomic E-state index is 10.5. The first-order valence-electron chi connectivity index (χ1n) is 3.68. The lowest BCUT2D eigenvalue weighted by Gasteiger charge is -2.01. The fourth-order valence-electron chi connectivity index (χ4n) is 1.14. The molecule has 4 heteroatoms. The van der Waals surface area contributed by atoms with Crippen LogP contribution in [0.2, 0.25) is 0 Å². The SMILES string of the molecule is COc1ccc2c(c1)N=CS2=C=O. The zero-order valence-corrected chi connectivity index (χ0v) is 7.80. The van der Waals surface area contributed by atoms with E-state index in [0.717, 1.165) is 16.3 Å². The highest BCUT2D eigenvalue weighted by molar-refractivity contribution is 8.26. The molecule has 0 saturated carbocycles. The van der Waals surface area contributed by atoms with Gasteiger partial charge in [-0.05, 0) is 22.6 Å². The van der Waals surface area contributed by atoms with Crippen LogP contribution >= 0.6 is 10.5 Å². The van der Waals surface area contributed by atoms with Gasteiger partial charge in [0.25, 0.3) is 0 Å². The lowest BCUT2D eigenvalue weighted by molar-refractivity contribution is 0.414. The highest BCUT2D eigenvalue weighted by atomic mass is 32.2. The van der Waals surface area contributed by atoms with Crippen LogP contribution in [0.5, 0.6) is 5.75 Å². The van der Waals surface area contributed by atoms with Gasteiger partial charge < -0.3 is 4.74 Å². The van der Waals surface area contributed by atoms with Crippen LogP contribution in [0, 0.1) is 0 Å². The molecule has 2 rings (SSSR count). The summed E-state index contributed by atoms with van der Waals surface area (Å²) < 4.78 is 5.04. The smallest absolute Gasteiger partial charge is 0.166 e. The molecule has 0 radical (unpaired) electrons. The third-order valence-corrected chi connectivity index (χ3v) is 3.10. The van der Waals surface area contributed by atoms with Crippen molar-refractivity contribution in [3.05, 3.63) is 18.2 Å². The predicted molar refractivity (Wildman–Crippen MR) is 52.7 cm³/mol. The molecule has 0 aromatic heterocycles. The summed E-state index contributed by atoms with van der Waals surface area (Å²) in [5.41, 5.74) is 2.43. The van der Waals surface area contributed by atoms with Crippen molar-refractivity contribution in [2.75, 3.05) is 7.11 Å². The molecule has 3 nitrogen and oxygen atoms in total.